The molecule has 0 aromatic carbocycles. The molecule has 1 aromatic heterocycles. The molecule has 0 spiro atoms. The van der Waals surface area contributed by atoms with Crippen LogP contribution in [0, 0.1) is 13.8 Å². The summed E-state index contributed by atoms with van der Waals surface area (Å²) in [5, 5.41) is -0.393. The van der Waals surface area contributed by atoms with E-state index in [9.17, 15) is 8.42 Å². The third-order valence-electron chi connectivity index (χ3n) is 1.83. The maximum Gasteiger partial charge on any atom is 0.225 e. The summed E-state index contributed by atoms with van der Waals surface area (Å²) in [4.78, 5) is 2.22. The number of aryl methyl sites for hydroxylation is 2. The lowest BCUT2D eigenvalue weighted by molar-refractivity contribution is 0.586. The molecule has 0 bridgehead atoms. The monoisotopic (exact) mass is 253 g/mol. The Kier molecular flexibility index (Phi) is 3.94. The minimum Gasteiger partial charge on any atom is -0.211 e. The van der Waals surface area contributed by atoms with Crippen LogP contribution < -0.4 is 4.72 Å². The molecule has 1 aromatic rings. The molecule has 0 radical (unpaired) electrons. The normalized spacial score (nSPS) is 11.9. The molecule has 3 nitrogen and oxygen atoms in total. The summed E-state index contributed by atoms with van der Waals surface area (Å²) >= 11 is 6.84. The molecule has 1 N–H and O–H groups in total. The Balaban J connectivity index is 2.63. The van der Waals surface area contributed by atoms with E-state index in [1.54, 1.807) is 11.3 Å². The Morgan fingerprint density at radius 1 is 1.50 bits per heavy atom. The minimum absolute atomic E-state index is 0.328. The number of rotatable bonds is 4. The van der Waals surface area contributed by atoms with E-state index < -0.39 is 15.2 Å². The van der Waals surface area contributed by atoms with Crippen LogP contribution in [-0.4, -0.2) is 13.6 Å². The van der Waals surface area contributed by atoms with Crippen molar-refractivity contribution < 1.29 is 8.42 Å². The van der Waals surface area contributed by atoms with Crippen LogP contribution in [0.15, 0.2) is 6.07 Å². The Bertz CT molecular complexity index is 391. The van der Waals surface area contributed by atoms with Gasteiger partial charge in [0.2, 0.25) is 10.0 Å². The van der Waals surface area contributed by atoms with Crippen LogP contribution >= 0.6 is 22.9 Å². The summed E-state index contributed by atoms with van der Waals surface area (Å²) in [6, 6.07) is 1.98. The van der Waals surface area contributed by atoms with Crippen LogP contribution in [0.5, 0.6) is 0 Å². The number of alkyl halides is 1. The van der Waals surface area contributed by atoms with E-state index in [0.29, 0.717) is 6.54 Å². The summed E-state index contributed by atoms with van der Waals surface area (Å²) in [5.41, 5.74) is 1.19. The van der Waals surface area contributed by atoms with Gasteiger partial charge in [-0.1, -0.05) is 0 Å². The molecule has 0 aliphatic rings. The SMILES string of the molecule is Cc1cc(CNS(=O)(=O)CCl)sc1C. The lowest BCUT2D eigenvalue weighted by Crippen LogP contribution is -2.23. The second kappa shape index (κ2) is 4.61. The summed E-state index contributed by atoms with van der Waals surface area (Å²) in [6.07, 6.45) is 0. The second-order valence-corrected chi connectivity index (χ2v) is 6.73. The zero-order chi connectivity index (χ0) is 10.8. The summed E-state index contributed by atoms with van der Waals surface area (Å²) in [5.74, 6) is 0. The van der Waals surface area contributed by atoms with Gasteiger partial charge in [0.1, 0.15) is 5.21 Å². The number of hydrogen-bond acceptors (Lipinski definition) is 3. The lowest BCUT2D eigenvalue weighted by Gasteiger charge is -2.00. The van der Waals surface area contributed by atoms with Crippen molar-refractivity contribution in [3.63, 3.8) is 0 Å². The Labute approximate surface area is 93.1 Å². The third-order valence-corrected chi connectivity index (χ3v) is 4.71. The molecule has 0 amide bonds. The van der Waals surface area contributed by atoms with Gasteiger partial charge in [0, 0.05) is 16.3 Å². The van der Waals surface area contributed by atoms with Crippen molar-refractivity contribution >= 4 is 33.0 Å². The maximum atomic E-state index is 11.0. The first-order valence-corrected chi connectivity index (χ1v) is 7.04. The molecule has 0 saturated heterocycles. The number of hydrogen-bond donors (Lipinski definition) is 1. The van der Waals surface area contributed by atoms with E-state index in [1.807, 2.05) is 19.9 Å². The maximum absolute atomic E-state index is 11.0. The molecule has 1 rings (SSSR count). The number of thiophene rings is 1. The van der Waals surface area contributed by atoms with E-state index >= 15 is 0 Å². The largest absolute Gasteiger partial charge is 0.225 e. The van der Waals surface area contributed by atoms with Crippen molar-refractivity contribution in [2.75, 3.05) is 5.21 Å². The molecule has 0 atom stereocenters. The van der Waals surface area contributed by atoms with Crippen molar-refractivity contribution in [2.45, 2.75) is 20.4 Å². The fourth-order valence-electron chi connectivity index (χ4n) is 0.956. The van der Waals surface area contributed by atoms with Gasteiger partial charge in [-0.3, -0.25) is 0 Å². The second-order valence-electron chi connectivity index (χ2n) is 3.00. The van der Waals surface area contributed by atoms with E-state index in [4.69, 9.17) is 11.6 Å². The van der Waals surface area contributed by atoms with E-state index in [0.717, 1.165) is 4.88 Å². The summed E-state index contributed by atoms with van der Waals surface area (Å²) in [6.45, 7) is 4.35. The Hall–Kier alpha value is -0.100. The Morgan fingerprint density at radius 3 is 2.57 bits per heavy atom. The minimum atomic E-state index is -3.30. The number of nitrogens with one attached hydrogen (secondary N) is 1. The van der Waals surface area contributed by atoms with Crippen LogP contribution in [0.1, 0.15) is 15.3 Å². The van der Waals surface area contributed by atoms with E-state index in [-0.39, 0.29) is 0 Å². The smallest absolute Gasteiger partial charge is 0.211 e. The van der Waals surface area contributed by atoms with E-state index in [2.05, 4.69) is 4.72 Å². The average molecular weight is 254 g/mol. The predicted molar refractivity (Wildman–Crippen MR) is 60.3 cm³/mol. The quantitative estimate of drug-likeness (QED) is 0.834. The van der Waals surface area contributed by atoms with Crippen molar-refractivity contribution in [3.05, 3.63) is 21.4 Å². The molecule has 0 aliphatic heterocycles. The first-order valence-electron chi connectivity index (χ1n) is 4.04. The van der Waals surface area contributed by atoms with Crippen LogP contribution in [0.2, 0.25) is 0 Å². The molecule has 1 heterocycles. The van der Waals surface area contributed by atoms with Crippen LogP contribution in [-0.2, 0) is 16.6 Å². The van der Waals surface area contributed by atoms with E-state index in [1.165, 1.54) is 10.4 Å². The number of sulfonamides is 1. The van der Waals surface area contributed by atoms with Gasteiger partial charge in [-0.15, -0.1) is 22.9 Å². The molecule has 0 aliphatic carbocycles. The lowest BCUT2D eigenvalue weighted by atomic mass is 10.3. The molecule has 80 valence electrons. The first kappa shape index (κ1) is 12.0. The highest BCUT2D eigenvalue weighted by atomic mass is 35.5. The van der Waals surface area contributed by atoms with Gasteiger partial charge in [-0.25, -0.2) is 13.1 Å². The van der Waals surface area contributed by atoms with Crippen molar-refractivity contribution in [1.82, 2.24) is 4.72 Å². The van der Waals surface area contributed by atoms with Crippen molar-refractivity contribution in [1.29, 1.82) is 0 Å². The fourth-order valence-corrected chi connectivity index (χ4v) is 2.73. The zero-order valence-corrected chi connectivity index (χ0v) is 10.4. The molecule has 6 heteroatoms. The topological polar surface area (TPSA) is 46.2 Å². The van der Waals surface area contributed by atoms with Gasteiger partial charge >= 0.3 is 0 Å². The highest BCUT2D eigenvalue weighted by Gasteiger charge is 2.08. The van der Waals surface area contributed by atoms with Gasteiger partial charge in [0.25, 0.3) is 0 Å². The standard InChI is InChI=1S/C8H12ClNO2S2/c1-6-3-8(13-7(6)2)4-10-14(11,12)5-9/h3,10H,4-5H2,1-2H3. The predicted octanol–water partition coefficient (Wildman–Crippen LogP) is 1.98. The zero-order valence-electron chi connectivity index (χ0n) is 8.00. The average Bonchev–Trinajstić information content (AvgIpc) is 2.44. The molecule has 14 heavy (non-hydrogen) atoms. The molecular formula is C8H12ClNO2S2. The van der Waals surface area contributed by atoms with Gasteiger partial charge < -0.3 is 0 Å². The highest BCUT2D eigenvalue weighted by molar-refractivity contribution is 7.90. The summed E-state index contributed by atoms with van der Waals surface area (Å²) in [7, 11) is -3.30. The van der Waals surface area contributed by atoms with Crippen LogP contribution in [0.25, 0.3) is 0 Å². The van der Waals surface area contributed by atoms with Crippen LogP contribution in [0.3, 0.4) is 0 Å². The first-order chi connectivity index (χ1) is 6.44. The van der Waals surface area contributed by atoms with Gasteiger partial charge in [-0.05, 0) is 25.5 Å². The third kappa shape index (κ3) is 3.24. The Morgan fingerprint density at radius 2 is 2.14 bits per heavy atom. The van der Waals surface area contributed by atoms with Crippen molar-refractivity contribution in [3.8, 4) is 0 Å². The molecule has 0 saturated carbocycles. The van der Waals surface area contributed by atoms with Crippen molar-refractivity contribution in [2.24, 2.45) is 0 Å². The molecule has 0 fully saturated rings. The van der Waals surface area contributed by atoms with Crippen LogP contribution in [0.4, 0.5) is 0 Å². The fraction of sp³-hybridized carbons (Fsp3) is 0.500. The highest BCUT2D eigenvalue weighted by Crippen LogP contribution is 2.20. The number of halogens is 1. The van der Waals surface area contributed by atoms with Gasteiger partial charge in [0.15, 0.2) is 0 Å². The molecule has 0 unspecified atom stereocenters. The van der Waals surface area contributed by atoms with Gasteiger partial charge in [-0.2, -0.15) is 0 Å². The summed E-state index contributed by atoms with van der Waals surface area (Å²) < 4.78 is 24.5. The van der Waals surface area contributed by atoms with Gasteiger partial charge in [0.05, 0.1) is 0 Å². The molecular weight excluding hydrogens is 242 g/mol.